The molecular weight excluding hydrogens is 464 g/mol. The summed E-state index contributed by atoms with van der Waals surface area (Å²) in [4.78, 5) is 0. The molecule has 0 aliphatic rings. The fourth-order valence-corrected chi connectivity index (χ4v) is 4.96. The fourth-order valence-electron chi connectivity index (χ4n) is 4.96. The molecule has 0 spiro atoms. The highest BCUT2D eigenvalue weighted by molar-refractivity contribution is 5.83. The molecule has 0 aromatic heterocycles. The van der Waals surface area contributed by atoms with Crippen LogP contribution in [0.15, 0.2) is 72.8 Å². The summed E-state index contributed by atoms with van der Waals surface area (Å²) in [7, 11) is 0. The van der Waals surface area contributed by atoms with Gasteiger partial charge in [-0.3, -0.25) is 0 Å². The number of hydrogen-bond donors (Lipinski definition) is 0. The number of ether oxygens (including phenoxy) is 2. The minimum absolute atomic E-state index is 0.124. The smallest absolute Gasteiger partial charge is 0.119 e. The molecule has 2 nitrogen and oxygen atoms in total. The Labute approximate surface area is 232 Å². The summed E-state index contributed by atoms with van der Waals surface area (Å²) in [6.45, 7) is 8.31. The van der Waals surface area contributed by atoms with Gasteiger partial charge in [0.1, 0.15) is 5.75 Å². The first-order valence-electron chi connectivity index (χ1n) is 15.3. The molecule has 0 saturated carbocycles. The highest BCUT2D eigenvalue weighted by Crippen LogP contribution is 2.33. The van der Waals surface area contributed by atoms with Crippen molar-refractivity contribution in [2.75, 3.05) is 13.2 Å². The van der Waals surface area contributed by atoms with Gasteiger partial charge in [0.15, 0.2) is 0 Å². The summed E-state index contributed by atoms with van der Waals surface area (Å²) in [5.41, 5.74) is 6.18. The summed E-state index contributed by atoms with van der Waals surface area (Å²) in [6.07, 6.45) is 15.6. The molecule has 1 unspecified atom stereocenters. The van der Waals surface area contributed by atoms with E-state index in [1.807, 2.05) is 0 Å². The Hall–Kier alpha value is -2.58. The summed E-state index contributed by atoms with van der Waals surface area (Å²) < 4.78 is 12.1. The van der Waals surface area contributed by atoms with Crippen LogP contribution >= 0.6 is 0 Å². The van der Waals surface area contributed by atoms with E-state index in [0.29, 0.717) is 0 Å². The van der Waals surface area contributed by atoms with Crippen LogP contribution in [0.3, 0.4) is 0 Å². The zero-order chi connectivity index (χ0) is 26.8. The minimum atomic E-state index is 0.124. The van der Waals surface area contributed by atoms with Crippen molar-refractivity contribution in [3.05, 3.63) is 78.4 Å². The second kappa shape index (κ2) is 17.8. The van der Waals surface area contributed by atoms with Gasteiger partial charge >= 0.3 is 0 Å². The molecule has 1 atom stereocenters. The van der Waals surface area contributed by atoms with E-state index < -0.39 is 0 Å². The van der Waals surface area contributed by atoms with Crippen LogP contribution in [0.5, 0.6) is 5.75 Å². The Morgan fingerprint density at radius 3 is 1.58 bits per heavy atom. The molecule has 0 saturated heterocycles. The molecule has 2 heteroatoms. The first-order valence-corrected chi connectivity index (χ1v) is 15.3. The molecule has 38 heavy (non-hydrogen) atoms. The molecule has 3 aromatic carbocycles. The van der Waals surface area contributed by atoms with E-state index in [0.717, 1.165) is 31.8 Å². The Balaban J connectivity index is 1.51. The summed E-state index contributed by atoms with van der Waals surface area (Å²) in [5, 5.41) is 0. The molecule has 3 aromatic rings. The first kappa shape index (κ1) is 30.0. The Morgan fingerprint density at radius 2 is 1.00 bits per heavy atom. The topological polar surface area (TPSA) is 18.5 Å². The van der Waals surface area contributed by atoms with Crippen LogP contribution in [0.4, 0.5) is 0 Å². The van der Waals surface area contributed by atoms with Gasteiger partial charge in [-0.25, -0.2) is 0 Å². The lowest BCUT2D eigenvalue weighted by molar-refractivity contribution is 0.0628. The monoisotopic (exact) mass is 514 g/mol. The molecule has 0 aliphatic carbocycles. The van der Waals surface area contributed by atoms with Crippen molar-refractivity contribution in [3.8, 4) is 28.0 Å². The van der Waals surface area contributed by atoms with Crippen LogP contribution < -0.4 is 4.74 Å². The largest absolute Gasteiger partial charge is 0.494 e. The third-order valence-corrected chi connectivity index (χ3v) is 7.42. The van der Waals surface area contributed by atoms with Crippen molar-refractivity contribution in [2.45, 2.75) is 104 Å². The molecule has 0 heterocycles. The van der Waals surface area contributed by atoms with E-state index >= 15 is 0 Å². The highest BCUT2D eigenvalue weighted by atomic mass is 16.5. The Kier molecular flexibility index (Phi) is 14.1. The van der Waals surface area contributed by atoms with Gasteiger partial charge in [0.2, 0.25) is 0 Å². The summed E-state index contributed by atoms with van der Waals surface area (Å²) in [5.74, 6) is 0.960. The quantitative estimate of drug-likeness (QED) is 0.148. The predicted molar refractivity (Wildman–Crippen MR) is 164 cm³/mol. The Bertz CT molecular complexity index is 1010. The molecule has 0 bridgehead atoms. The number of benzene rings is 3. The minimum Gasteiger partial charge on any atom is -0.494 e. The zero-order valence-electron chi connectivity index (χ0n) is 24.2. The van der Waals surface area contributed by atoms with Crippen LogP contribution in [0.1, 0.15) is 109 Å². The molecule has 0 amide bonds. The van der Waals surface area contributed by atoms with Gasteiger partial charge in [-0.1, -0.05) is 139 Å². The second-order valence-corrected chi connectivity index (χ2v) is 10.6. The normalized spacial score (nSPS) is 12.0. The molecule has 3 rings (SSSR count). The van der Waals surface area contributed by atoms with Crippen molar-refractivity contribution in [3.63, 3.8) is 0 Å². The SMILES string of the molecule is CCCCCCCCCCOc1ccc(-c2ccccc2-c2ccc(C(C)OCCCCCC)cc2)cc1. The van der Waals surface area contributed by atoms with Gasteiger partial charge in [-0.15, -0.1) is 0 Å². The maximum Gasteiger partial charge on any atom is 0.119 e. The van der Waals surface area contributed by atoms with Gasteiger partial charge in [0.25, 0.3) is 0 Å². The van der Waals surface area contributed by atoms with Crippen LogP contribution in [0.2, 0.25) is 0 Å². The standard InChI is InChI=1S/C36H50O2/c1-4-6-8-10-11-12-13-17-29-38-34-26-24-33(25-27-34)36-19-15-14-18-35(36)32-22-20-31(21-23-32)30(3)37-28-16-9-7-5-2/h14-15,18-27,30H,4-13,16-17,28-29H2,1-3H3. The zero-order valence-corrected chi connectivity index (χ0v) is 24.2. The summed E-state index contributed by atoms with van der Waals surface area (Å²) in [6, 6.07) is 26.1. The van der Waals surface area contributed by atoms with Crippen molar-refractivity contribution in [1.29, 1.82) is 0 Å². The van der Waals surface area contributed by atoms with Gasteiger partial charge < -0.3 is 9.47 Å². The van der Waals surface area contributed by atoms with Gasteiger partial charge in [0.05, 0.1) is 12.7 Å². The van der Waals surface area contributed by atoms with Crippen molar-refractivity contribution < 1.29 is 9.47 Å². The van der Waals surface area contributed by atoms with E-state index in [-0.39, 0.29) is 6.10 Å². The molecule has 206 valence electrons. The molecule has 0 N–H and O–H groups in total. The third kappa shape index (κ3) is 10.3. The van der Waals surface area contributed by atoms with E-state index in [9.17, 15) is 0 Å². The average Bonchev–Trinajstić information content (AvgIpc) is 2.96. The van der Waals surface area contributed by atoms with Crippen LogP contribution in [-0.4, -0.2) is 13.2 Å². The number of rotatable bonds is 19. The molecule has 0 aliphatic heterocycles. The van der Waals surface area contributed by atoms with Crippen molar-refractivity contribution in [2.24, 2.45) is 0 Å². The van der Waals surface area contributed by atoms with Gasteiger partial charge in [0, 0.05) is 6.61 Å². The fraction of sp³-hybridized carbons (Fsp3) is 0.500. The van der Waals surface area contributed by atoms with E-state index in [1.165, 1.54) is 92.0 Å². The summed E-state index contributed by atoms with van der Waals surface area (Å²) >= 11 is 0. The maximum atomic E-state index is 6.08. The van der Waals surface area contributed by atoms with Crippen LogP contribution in [-0.2, 0) is 4.74 Å². The number of hydrogen-bond acceptors (Lipinski definition) is 2. The van der Waals surface area contributed by atoms with E-state index in [4.69, 9.17) is 9.47 Å². The third-order valence-electron chi connectivity index (χ3n) is 7.42. The highest BCUT2D eigenvalue weighted by Gasteiger charge is 2.10. The van der Waals surface area contributed by atoms with Gasteiger partial charge in [-0.2, -0.15) is 0 Å². The average molecular weight is 515 g/mol. The second-order valence-electron chi connectivity index (χ2n) is 10.6. The van der Waals surface area contributed by atoms with E-state index in [2.05, 4.69) is 93.6 Å². The van der Waals surface area contributed by atoms with Gasteiger partial charge in [-0.05, 0) is 59.7 Å². The Morgan fingerprint density at radius 1 is 0.526 bits per heavy atom. The van der Waals surface area contributed by atoms with Crippen molar-refractivity contribution in [1.82, 2.24) is 0 Å². The van der Waals surface area contributed by atoms with E-state index in [1.54, 1.807) is 0 Å². The lowest BCUT2D eigenvalue weighted by Gasteiger charge is -2.15. The number of unbranched alkanes of at least 4 members (excludes halogenated alkanes) is 10. The van der Waals surface area contributed by atoms with Crippen LogP contribution in [0, 0.1) is 0 Å². The lowest BCUT2D eigenvalue weighted by Crippen LogP contribution is -2.01. The molecule has 0 fully saturated rings. The van der Waals surface area contributed by atoms with Crippen molar-refractivity contribution >= 4 is 0 Å². The first-order chi connectivity index (χ1) is 18.7. The molecule has 0 radical (unpaired) electrons. The maximum absolute atomic E-state index is 6.08. The predicted octanol–water partition coefficient (Wildman–Crippen LogP) is 11.2. The molecular formula is C36H50O2. The van der Waals surface area contributed by atoms with Crippen LogP contribution in [0.25, 0.3) is 22.3 Å². The lowest BCUT2D eigenvalue weighted by atomic mass is 9.94.